The first-order valence-corrected chi connectivity index (χ1v) is 5.33. The summed E-state index contributed by atoms with van der Waals surface area (Å²) in [6.45, 7) is 1.35. The fourth-order valence-electron chi connectivity index (χ4n) is 1.35. The van der Waals surface area contributed by atoms with Crippen LogP contribution < -0.4 is 10.9 Å². The monoisotopic (exact) mass is 281 g/mol. The smallest absolute Gasteiger partial charge is 0.260 e. The van der Waals surface area contributed by atoms with Gasteiger partial charge in [0, 0.05) is 11.4 Å². The SMILES string of the molecule is CC(=O)Nc1nc2c(Br)cccc2c(=O)[nH]1. The predicted molar refractivity (Wildman–Crippen MR) is 64.4 cm³/mol. The summed E-state index contributed by atoms with van der Waals surface area (Å²) < 4.78 is 0.711. The van der Waals surface area contributed by atoms with Crippen LogP contribution in [0.25, 0.3) is 10.9 Å². The number of nitrogens with zero attached hydrogens (tertiary/aromatic N) is 1. The van der Waals surface area contributed by atoms with E-state index in [9.17, 15) is 9.59 Å². The molecule has 0 spiro atoms. The lowest BCUT2D eigenvalue weighted by molar-refractivity contribution is -0.114. The molecule has 5 nitrogen and oxygen atoms in total. The van der Waals surface area contributed by atoms with Crippen LogP contribution in [0.1, 0.15) is 6.92 Å². The van der Waals surface area contributed by atoms with Gasteiger partial charge in [-0.1, -0.05) is 6.07 Å². The minimum Gasteiger partial charge on any atom is -0.296 e. The van der Waals surface area contributed by atoms with Crippen LogP contribution in [0.5, 0.6) is 0 Å². The van der Waals surface area contributed by atoms with Crippen molar-refractivity contribution < 1.29 is 4.79 Å². The largest absolute Gasteiger partial charge is 0.296 e. The molecule has 0 bridgehead atoms. The highest BCUT2D eigenvalue weighted by atomic mass is 79.9. The molecule has 1 aromatic heterocycles. The fraction of sp³-hybridized carbons (Fsp3) is 0.100. The highest BCUT2D eigenvalue weighted by Crippen LogP contribution is 2.19. The van der Waals surface area contributed by atoms with Crippen LogP contribution in [0.15, 0.2) is 27.5 Å². The molecule has 2 N–H and O–H groups in total. The molecule has 82 valence electrons. The van der Waals surface area contributed by atoms with E-state index in [4.69, 9.17) is 0 Å². The standard InChI is InChI=1S/C10H8BrN3O2/c1-5(15)12-10-13-8-6(9(16)14-10)3-2-4-7(8)11/h2-4H,1H3,(H2,12,13,14,15,16). The number of halogens is 1. The maximum absolute atomic E-state index is 11.7. The normalized spacial score (nSPS) is 10.4. The zero-order valence-electron chi connectivity index (χ0n) is 8.37. The van der Waals surface area contributed by atoms with Crippen LogP contribution in [0.4, 0.5) is 5.95 Å². The molecule has 1 amide bonds. The van der Waals surface area contributed by atoms with E-state index in [1.54, 1.807) is 18.2 Å². The Hall–Kier alpha value is -1.69. The maximum Gasteiger partial charge on any atom is 0.260 e. The minimum absolute atomic E-state index is 0.150. The van der Waals surface area contributed by atoms with Gasteiger partial charge in [-0.2, -0.15) is 0 Å². The van der Waals surface area contributed by atoms with E-state index >= 15 is 0 Å². The average Bonchev–Trinajstić information content (AvgIpc) is 2.19. The third-order valence-electron chi connectivity index (χ3n) is 1.98. The first-order valence-electron chi connectivity index (χ1n) is 4.54. The van der Waals surface area contributed by atoms with E-state index in [0.717, 1.165) is 0 Å². The van der Waals surface area contributed by atoms with Crippen molar-refractivity contribution in [1.29, 1.82) is 0 Å². The van der Waals surface area contributed by atoms with Crippen molar-refractivity contribution in [2.75, 3.05) is 5.32 Å². The molecular weight excluding hydrogens is 274 g/mol. The van der Waals surface area contributed by atoms with E-state index in [0.29, 0.717) is 15.4 Å². The molecule has 0 aliphatic carbocycles. The molecule has 0 aliphatic heterocycles. The Morgan fingerprint density at radius 1 is 1.50 bits per heavy atom. The van der Waals surface area contributed by atoms with Crippen molar-refractivity contribution in [2.24, 2.45) is 0 Å². The number of carbonyl (C=O) groups is 1. The quantitative estimate of drug-likeness (QED) is 0.835. The number of rotatable bonds is 1. The second kappa shape index (κ2) is 4.05. The second-order valence-corrected chi connectivity index (χ2v) is 4.09. The van der Waals surface area contributed by atoms with Crippen molar-refractivity contribution in [3.63, 3.8) is 0 Å². The molecular formula is C10H8BrN3O2. The lowest BCUT2D eigenvalue weighted by Gasteiger charge is -2.03. The molecule has 0 aliphatic rings. The highest BCUT2D eigenvalue weighted by Gasteiger charge is 2.06. The number of para-hydroxylation sites is 1. The molecule has 0 atom stereocenters. The first kappa shape index (κ1) is 10.8. The van der Waals surface area contributed by atoms with Gasteiger partial charge < -0.3 is 0 Å². The number of nitrogens with one attached hydrogen (secondary N) is 2. The van der Waals surface area contributed by atoms with Crippen LogP contribution >= 0.6 is 15.9 Å². The van der Waals surface area contributed by atoms with Crippen molar-refractivity contribution in [3.8, 4) is 0 Å². The number of fused-ring (bicyclic) bond motifs is 1. The third kappa shape index (κ3) is 1.96. The molecule has 2 rings (SSSR count). The Morgan fingerprint density at radius 2 is 2.25 bits per heavy atom. The van der Waals surface area contributed by atoms with Gasteiger partial charge in [0.15, 0.2) is 0 Å². The Morgan fingerprint density at radius 3 is 2.94 bits per heavy atom. The number of benzene rings is 1. The summed E-state index contributed by atoms with van der Waals surface area (Å²) in [5.74, 6) is -0.133. The van der Waals surface area contributed by atoms with E-state index in [1.807, 2.05) is 0 Å². The second-order valence-electron chi connectivity index (χ2n) is 3.23. The summed E-state index contributed by atoms with van der Waals surface area (Å²) in [6, 6.07) is 5.21. The number of hydrogen-bond donors (Lipinski definition) is 2. The lowest BCUT2D eigenvalue weighted by atomic mass is 10.2. The third-order valence-corrected chi connectivity index (χ3v) is 2.62. The van der Waals surface area contributed by atoms with Gasteiger partial charge in [0.25, 0.3) is 5.56 Å². The number of carbonyl (C=O) groups excluding carboxylic acids is 1. The summed E-state index contributed by atoms with van der Waals surface area (Å²) >= 11 is 3.30. The van der Waals surface area contributed by atoms with Crippen LogP contribution in [-0.4, -0.2) is 15.9 Å². The Kier molecular flexibility index (Phi) is 2.74. The van der Waals surface area contributed by atoms with E-state index in [2.05, 4.69) is 31.2 Å². The first-order chi connectivity index (χ1) is 7.58. The van der Waals surface area contributed by atoms with Crippen LogP contribution in [0.2, 0.25) is 0 Å². The number of aromatic nitrogens is 2. The molecule has 0 radical (unpaired) electrons. The van der Waals surface area contributed by atoms with Gasteiger partial charge in [-0.25, -0.2) is 4.98 Å². The minimum atomic E-state index is -0.283. The zero-order valence-corrected chi connectivity index (χ0v) is 9.96. The van der Waals surface area contributed by atoms with Crippen LogP contribution in [-0.2, 0) is 4.79 Å². The average molecular weight is 282 g/mol. The lowest BCUT2D eigenvalue weighted by Crippen LogP contribution is -2.16. The number of aromatic amines is 1. The summed E-state index contributed by atoms with van der Waals surface area (Å²) in [6.07, 6.45) is 0. The van der Waals surface area contributed by atoms with Crippen molar-refractivity contribution in [2.45, 2.75) is 6.92 Å². The molecule has 16 heavy (non-hydrogen) atoms. The molecule has 0 saturated carbocycles. The number of H-pyrrole nitrogens is 1. The van der Waals surface area contributed by atoms with Crippen molar-refractivity contribution in [3.05, 3.63) is 33.0 Å². The van der Waals surface area contributed by atoms with E-state index < -0.39 is 0 Å². The summed E-state index contributed by atoms with van der Waals surface area (Å²) in [5, 5.41) is 2.91. The van der Waals surface area contributed by atoms with Crippen LogP contribution in [0.3, 0.4) is 0 Å². The Bertz CT molecular complexity index is 621. The van der Waals surface area contributed by atoms with Crippen LogP contribution in [0, 0.1) is 0 Å². The van der Waals surface area contributed by atoms with E-state index in [1.165, 1.54) is 6.92 Å². The maximum atomic E-state index is 11.7. The molecule has 0 saturated heterocycles. The van der Waals surface area contributed by atoms with Gasteiger partial charge in [0.1, 0.15) is 0 Å². The Balaban J connectivity index is 2.70. The number of amides is 1. The fourth-order valence-corrected chi connectivity index (χ4v) is 1.81. The van der Waals surface area contributed by atoms with Gasteiger partial charge >= 0.3 is 0 Å². The topological polar surface area (TPSA) is 74.8 Å². The van der Waals surface area contributed by atoms with Gasteiger partial charge in [-0.15, -0.1) is 0 Å². The molecule has 6 heteroatoms. The summed E-state index contributed by atoms with van der Waals surface area (Å²) in [5.41, 5.74) is 0.241. The number of hydrogen-bond acceptors (Lipinski definition) is 3. The van der Waals surface area contributed by atoms with Gasteiger partial charge in [-0.05, 0) is 28.1 Å². The predicted octanol–water partition coefficient (Wildman–Crippen LogP) is 1.64. The Labute approximate surface area is 99.0 Å². The van der Waals surface area contributed by atoms with Gasteiger partial charge in [0.2, 0.25) is 11.9 Å². The van der Waals surface area contributed by atoms with E-state index in [-0.39, 0.29) is 17.4 Å². The molecule has 1 heterocycles. The van der Waals surface area contributed by atoms with Gasteiger partial charge in [-0.3, -0.25) is 19.9 Å². The van der Waals surface area contributed by atoms with Gasteiger partial charge in [0.05, 0.1) is 10.9 Å². The summed E-state index contributed by atoms with van der Waals surface area (Å²) in [7, 11) is 0. The molecule has 0 fully saturated rings. The zero-order chi connectivity index (χ0) is 11.7. The van der Waals surface area contributed by atoms with Crippen molar-refractivity contribution in [1.82, 2.24) is 9.97 Å². The highest BCUT2D eigenvalue weighted by molar-refractivity contribution is 9.10. The number of anilines is 1. The molecule has 2 aromatic rings. The van der Waals surface area contributed by atoms with Crippen molar-refractivity contribution >= 4 is 38.7 Å². The summed E-state index contributed by atoms with van der Waals surface area (Å²) in [4.78, 5) is 29.2. The molecule has 1 aromatic carbocycles. The molecule has 0 unspecified atom stereocenters.